The van der Waals surface area contributed by atoms with Gasteiger partial charge in [-0.3, -0.25) is 0 Å². The lowest BCUT2D eigenvalue weighted by Gasteiger charge is -2.21. The summed E-state index contributed by atoms with van der Waals surface area (Å²) in [5, 5.41) is 0. The second kappa shape index (κ2) is 4.00. The lowest BCUT2D eigenvalue weighted by Crippen LogP contribution is -2.03. The summed E-state index contributed by atoms with van der Waals surface area (Å²) in [6.45, 7) is 4.40. The lowest BCUT2D eigenvalue weighted by molar-refractivity contribution is 0.596. The van der Waals surface area contributed by atoms with E-state index in [4.69, 9.17) is 0 Å². The summed E-state index contributed by atoms with van der Waals surface area (Å²) >= 11 is 0. The molecule has 1 atom stereocenters. The topological polar surface area (TPSA) is 0 Å². The Labute approximate surface area is 86.7 Å². The maximum atomic E-state index is 2.38. The molecule has 0 N–H and O–H groups in total. The molecular formula is C14H18. The van der Waals surface area contributed by atoms with Crippen LogP contribution in [-0.2, 0) is 0 Å². The standard InChI is InChI=1S/C14H18/c1-11-6-8-13(9-7-11)14-5-3-4-12(2)10-14/h4,6-9,14H,3,5,10H2,1-2H3. The fourth-order valence-corrected chi connectivity index (χ4v) is 2.23. The highest BCUT2D eigenvalue weighted by Gasteiger charge is 2.14. The van der Waals surface area contributed by atoms with Crippen LogP contribution in [0.4, 0.5) is 0 Å². The van der Waals surface area contributed by atoms with Crippen molar-refractivity contribution in [3.63, 3.8) is 0 Å². The Morgan fingerprint density at radius 2 is 1.79 bits per heavy atom. The van der Waals surface area contributed by atoms with Crippen LogP contribution >= 0.6 is 0 Å². The smallest absolute Gasteiger partial charge is 0.0122 e. The summed E-state index contributed by atoms with van der Waals surface area (Å²) in [6, 6.07) is 9.03. The van der Waals surface area contributed by atoms with Crippen LogP contribution in [0.25, 0.3) is 0 Å². The Morgan fingerprint density at radius 1 is 1.07 bits per heavy atom. The Kier molecular flexibility index (Phi) is 2.72. The minimum atomic E-state index is 0.764. The monoisotopic (exact) mass is 186 g/mol. The molecule has 0 radical (unpaired) electrons. The molecule has 0 saturated heterocycles. The Bertz CT molecular complexity index is 330. The predicted octanol–water partition coefficient (Wildman–Crippen LogP) is 4.21. The maximum Gasteiger partial charge on any atom is -0.0122 e. The fourth-order valence-electron chi connectivity index (χ4n) is 2.23. The fraction of sp³-hybridized carbons (Fsp3) is 0.429. The highest BCUT2D eigenvalue weighted by molar-refractivity contribution is 5.26. The lowest BCUT2D eigenvalue weighted by atomic mass is 9.84. The summed E-state index contributed by atoms with van der Waals surface area (Å²) < 4.78 is 0. The third kappa shape index (κ3) is 2.06. The number of hydrogen-bond acceptors (Lipinski definition) is 0. The molecule has 1 aliphatic rings. The molecule has 0 amide bonds. The van der Waals surface area contributed by atoms with E-state index in [0.29, 0.717) is 0 Å². The summed E-state index contributed by atoms with van der Waals surface area (Å²) in [5.74, 6) is 0.764. The van der Waals surface area contributed by atoms with Gasteiger partial charge in [-0.1, -0.05) is 41.5 Å². The molecule has 1 aromatic carbocycles. The van der Waals surface area contributed by atoms with E-state index in [1.54, 1.807) is 5.57 Å². The first kappa shape index (κ1) is 9.51. The maximum absolute atomic E-state index is 2.38. The Balaban J connectivity index is 2.16. The van der Waals surface area contributed by atoms with Crippen LogP contribution in [0.3, 0.4) is 0 Å². The first-order chi connectivity index (χ1) is 6.75. The van der Waals surface area contributed by atoms with E-state index in [9.17, 15) is 0 Å². The molecule has 1 aromatic rings. The molecule has 2 rings (SSSR count). The molecule has 0 fully saturated rings. The van der Waals surface area contributed by atoms with Crippen LogP contribution < -0.4 is 0 Å². The van der Waals surface area contributed by atoms with E-state index in [0.717, 1.165) is 5.92 Å². The molecule has 14 heavy (non-hydrogen) atoms. The van der Waals surface area contributed by atoms with Gasteiger partial charge in [0.05, 0.1) is 0 Å². The first-order valence-electron chi connectivity index (χ1n) is 5.48. The number of aryl methyl sites for hydroxylation is 1. The van der Waals surface area contributed by atoms with E-state index in [-0.39, 0.29) is 0 Å². The van der Waals surface area contributed by atoms with Crippen molar-refractivity contribution in [3.8, 4) is 0 Å². The minimum absolute atomic E-state index is 0.764. The predicted molar refractivity (Wildman–Crippen MR) is 61.5 cm³/mol. The van der Waals surface area contributed by atoms with Gasteiger partial charge in [0.15, 0.2) is 0 Å². The molecule has 0 nitrogen and oxygen atoms in total. The molecule has 0 bridgehead atoms. The van der Waals surface area contributed by atoms with Gasteiger partial charge in [-0.25, -0.2) is 0 Å². The third-order valence-electron chi connectivity index (χ3n) is 3.13. The zero-order chi connectivity index (χ0) is 9.97. The zero-order valence-electron chi connectivity index (χ0n) is 9.09. The first-order valence-corrected chi connectivity index (χ1v) is 5.48. The summed E-state index contributed by atoms with van der Waals surface area (Å²) in [6.07, 6.45) is 6.21. The van der Waals surface area contributed by atoms with Crippen LogP contribution in [0.15, 0.2) is 35.9 Å². The van der Waals surface area contributed by atoms with E-state index in [2.05, 4.69) is 44.2 Å². The van der Waals surface area contributed by atoms with Crippen molar-refractivity contribution in [2.45, 2.75) is 39.0 Å². The summed E-state index contributed by atoms with van der Waals surface area (Å²) in [5.41, 5.74) is 4.43. The van der Waals surface area contributed by atoms with E-state index >= 15 is 0 Å². The highest BCUT2D eigenvalue weighted by Crippen LogP contribution is 2.32. The van der Waals surface area contributed by atoms with Gasteiger partial charge in [0.2, 0.25) is 0 Å². The summed E-state index contributed by atoms with van der Waals surface area (Å²) in [4.78, 5) is 0. The summed E-state index contributed by atoms with van der Waals surface area (Å²) in [7, 11) is 0. The second-order valence-electron chi connectivity index (χ2n) is 4.44. The molecule has 0 heterocycles. The number of rotatable bonds is 1. The van der Waals surface area contributed by atoms with Crippen molar-refractivity contribution < 1.29 is 0 Å². The molecule has 1 unspecified atom stereocenters. The second-order valence-corrected chi connectivity index (χ2v) is 4.44. The van der Waals surface area contributed by atoms with Crippen molar-refractivity contribution in [2.24, 2.45) is 0 Å². The van der Waals surface area contributed by atoms with Crippen LogP contribution in [0.2, 0.25) is 0 Å². The third-order valence-corrected chi connectivity index (χ3v) is 3.13. The average molecular weight is 186 g/mol. The molecule has 0 heteroatoms. The molecule has 0 saturated carbocycles. The van der Waals surface area contributed by atoms with Gasteiger partial charge in [-0.15, -0.1) is 0 Å². The normalized spacial score (nSPS) is 21.9. The van der Waals surface area contributed by atoms with Gasteiger partial charge in [0.25, 0.3) is 0 Å². The van der Waals surface area contributed by atoms with Crippen LogP contribution in [0.1, 0.15) is 43.2 Å². The van der Waals surface area contributed by atoms with Gasteiger partial charge in [0.1, 0.15) is 0 Å². The van der Waals surface area contributed by atoms with E-state index in [1.165, 1.54) is 30.4 Å². The minimum Gasteiger partial charge on any atom is -0.0856 e. The quantitative estimate of drug-likeness (QED) is 0.576. The Morgan fingerprint density at radius 3 is 2.43 bits per heavy atom. The van der Waals surface area contributed by atoms with Crippen molar-refractivity contribution in [2.75, 3.05) is 0 Å². The van der Waals surface area contributed by atoms with Crippen LogP contribution in [-0.4, -0.2) is 0 Å². The van der Waals surface area contributed by atoms with Gasteiger partial charge in [-0.05, 0) is 44.6 Å². The van der Waals surface area contributed by atoms with Crippen LogP contribution in [0, 0.1) is 6.92 Å². The number of allylic oxidation sites excluding steroid dienone is 2. The van der Waals surface area contributed by atoms with Crippen molar-refractivity contribution in [1.29, 1.82) is 0 Å². The molecule has 74 valence electrons. The van der Waals surface area contributed by atoms with Crippen molar-refractivity contribution >= 4 is 0 Å². The van der Waals surface area contributed by atoms with Crippen molar-refractivity contribution in [1.82, 2.24) is 0 Å². The molecule has 0 aliphatic heterocycles. The zero-order valence-corrected chi connectivity index (χ0v) is 9.09. The van der Waals surface area contributed by atoms with Crippen molar-refractivity contribution in [3.05, 3.63) is 47.0 Å². The van der Waals surface area contributed by atoms with E-state index in [1.807, 2.05) is 0 Å². The van der Waals surface area contributed by atoms with Gasteiger partial charge < -0.3 is 0 Å². The number of benzene rings is 1. The molecule has 0 spiro atoms. The largest absolute Gasteiger partial charge is 0.0856 e. The van der Waals surface area contributed by atoms with Gasteiger partial charge in [0, 0.05) is 0 Å². The average Bonchev–Trinajstić information content (AvgIpc) is 2.19. The Hall–Kier alpha value is -1.04. The van der Waals surface area contributed by atoms with E-state index < -0.39 is 0 Å². The molecular weight excluding hydrogens is 168 g/mol. The van der Waals surface area contributed by atoms with Gasteiger partial charge in [-0.2, -0.15) is 0 Å². The van der Waals surface area contributed by atoms with Crippen LogP contribution in [0.5, 0.6) is 0 Å². The number of hydrogen-bond donors (Lipinski definition) is 0. The van der Waals surface area contributed by atoms with Gasteiger partial charge >= 0.3 is 0 Å². The SMILES string of the molecule is CC1=CCCC(c2ccc(C)cc2)C1. The highest BCUT2D eigenvalue weighted by atomic mass is 14.2. The molecule has 1 aliphatic carbocycles. The molecule has 0 aromatic heterocycles.